The third-order valence-electron chi connectivity index (χ3n) is 3.11. The number of benzene rings is 1. The first kappa shape index (κ1) is 12.8. The maximum absolute atomic E-state index is 12.3. The van der Waals surface area contributed by atoms with Gasteiger partial charge in [0.25, 0.3) is 5.56 Å². The molecular weight excluding hydrogens is 266 g/mol. The molecule has 0 unspecified atom stereocenters. The van der Waals surface area contributed by atoms with Crippen molar-refractivity contribution >= 4 is 0 Å². The van der Waals surface area contributed by atoms with E-state index in [1.54, 1.807) is 43.6 Å². The molecule has 2 aromatic heterocycles. The minimum atomic E-state index is -0.219. The van der Waals surface area contributed by atoms with Gasteiger partial charge < -0.3 is 4.98 Å². The fraction of sp³-hybridized carbons (Fsp3) is 0.0667. The number of aromatic nitrogens is 4. The Hall–Kier alpha value is -3.20. The van der Waals surface area contributed by atoms with Gasteiger partial charge >= 0.3 is 0 Å². The molecule has 6 nitrogen and oxygen atoms in total. The second-order valence-electron chi connectivity index (χ2n) is 4.55. The summed E-state index contributed by atoms with van der Waals surface area (Å²) in [7, 11) is 0. The molecule has 2 N–H and O–H groups in total. The number of aryl methyl sites for hydroxylation is 1. The molecule has 0 fully saturated rings. The highest BCUT2D eigenvalue weighted by molar-refractivity contribution is 5.79. The first-order valence-corrected chi connectivity index (χ1v) is 6.29. The van der Waals surface area contributed by atoms with Crippen LogP contribution in [0.1, 0.15) is 11.4 Å². The van der Waals surface area contributed by atoms with Crippen molar-refractivity contribution in [2.45, 2.75) is 6.92 Å². The number of nitrogens with zero attached hydrogens (tertiary/aromatic N) is 3. The summed E-state index contributed by atoms with van der Waals surface area (Å²) < 4.78 is 0. The van der Waals surface area contributed by atoms with Crippen molar-refractivity contribution in [2.75, 3.05) is 0 Å². The van der Waals surface area contributed by atoms with E-state index in [0.29, 0.717) is 28.2 Å². The zero-order chi connectivity index (χ0) is 14.8. The summed E-state index contributed by atoms with van der Waals surface area (Å²) in [6, 6.07) is 9.03. The Bertz CT molecular complexity index is 870. The molecule has 0 aliphatic carbocycles. The standard InChI is InChI=1S/C15H11N5O/c1-9-19-14(11-4-2-10(6-16)3-5-11)13(15(21)20-9)12-7-17-18-8-12/h2-5,7-8H,1H3,(H,17,18)(H,19,20,21). The van der Waals surface area contributed by atoms with Crippen LogP contribution in [0.3, 0.4) is 0 Å². The normalized spacial score (nSPS) is 10.3. The van der Waals surface area contributed by atoms with Crippen molar-refractivity contribution in [3.8, 4) is 28.5 Å². The summed E-state index contributed by atoms with van der Waals surface area (Å²) >= 11 is 0. The highest BCUT2D eigenvalue weighted by Crippen LogP contribution is 2.26. The van der Waals surface area contributed by atoms with Crippen molar-refractivity contribution in [3.63, 3.8) is 0 Å². The highest BCUT2D eigenvalue weighted by atomic mass is 16.1. The SMILES string of the molecule is Cc1nc(-c2ccc(C#N)cc2)c(-c2cn[nH]c2)c(=O)[nH]1. The first-order valence-electron chi connectivity index (χ1n) is 6.29. The molecule has 0 radical (unpaired) electrons. The van der Waals surface area contributed by atoms with Crippen molar-refractivity contribution in [2.24, 2.45) is 0 Å². The van der Waals surface area contributed by atoms with Crippen LogP contribution in [0.2, 0.25) is 0 Å². The molecule has 0 saturated heterocycles. The van der Waals surface area contributed by atoms with Crippen molar-refractivity contribution in [1.29, 1.82) is 5.26 Å². The smallest absolute Gasteiger partial charge is 0.259 e. The Morgan fingerprint density at radius 3 is 2.57 bits per heavy atom. The van der Waals surface area contributed by atoms with Gasteiger partial charge in [-0.15, -0.1) is 0 Å². The van der Waals surface area contributed by atoms with E-state index >= 15 is 0 Å². The molecule has 0 atom stereocenters. The molecule has 1 aromatic carbocycles. The van der Waals surface area contributed by atoms with E-state index in [9.17, 15) is 4.79 Å². The van der Waals surface area contributed by atoms with Crippen LogP contribution in [-0.4, -0.2) is 20.2 Å². The Labute approximate surface area is 120 Å². The van der Waals surface area contributed by atoms with Gasteiger partial charge in [0, 0.05) is 17.3 Å². The van der Waals surface area contributed by atoms with E-state index in [-0.39, 0.29) is 5.56 Å². The summed E-state index contributed by atoms with van der Waals surface area (Å²) in [5, 5.41) is 15.4. The zero-order valence-corrected chi connectivity index (χ0v) is 11.2. The van der Waals surface area contributed by atoms with Gasteiger partial charge in [-0.3, -0.25) is 9.89 Å². The second-order valence-corrected chi connectivity index (χ2v) is 4.55. The lowest BCUT2D eigenvalue weighted by Crippen LogP contribution is -2.14. The van der Waals surface area contributed by atoms with Gasteiger partial charge in [-0.25, -0.2) is 4.98 Å². The van der Waals surface area contributed by atoms with E-state index in [2.05, 4.69) is 26.2 Å². The summed E-state index contributed by atoms with van der Waals surface area (Å²) in [6.45, 7) is 1.73. The van der Waals surface area contributed by atoms with E-state index in [0.717, 1.165) is 5.56 Å². The van der Waals surface area contributed by atoms with Crippen LogP contribution in [-0.2, 0) is 0 Å². The predicted octanol–water partition coefficient (Wildman–Crippen LogP) is 2.01. The number of aromatic amines is 2. The molecule has 6 heteroatoms. The van der Waals surface area contributed by atoms with Gasteiger partial charge in [-0.2, -0.15) is 10.4 Å². The van der Waals surface area contributed by atoms with Gasteiger partial charge in [0.1, 0.15) is 5.82 Å². The van der Waals surface area contributed by atoms with Crippen LogP contribution in [0.15, 0.2) is 41.5 Å². The van der Waals surface area contributed by atoms with Crippen LogP contribution in [0.25, 0.3) is 22.4 Å². The predicted molar refractivity (Wildman–Crippen MR) is 77.3 cm³/mol. The van der Waals surface area contributed by atoms with Crippen LogP contribution in [0, 0.1) is 18.3 Å². The molecule has 0 aliphatic rings. The van der Waals surface area contributed by atoms with Crippen LogP contribution in [0.5, 0.6) is 0 Å². The summed E-state index contributed by atoms with van der Waals surface area (Å²) in [4.78, 5) is 19.4. The fourth-order valence-corrected chi connectivity index (χ4v) is 2.15. The van der Waals surface area contributed by atoms with Crippen LogP contribution < -0.4 is 5.56 Å². The topological polar surface area (TPSA) is 98.2 Å². The molecule has 0 aliphatic heterocycles. The lowest BCUT2D eigenvalue weighted by Gasteiger charge is -2.07. The minimum Gasteiger partial charge on any atom is -0.310 e. The lowest BCUT2D eigenvalue weighted by atomic mass is 10.0. The number of H-pyrrole nitrogens is 2. The van der Waals surface area contributed by atoms with Gasteiger partial charge in [0.15, 0.2) is 0 Å². The van der Waals surface area contributed by atoms with Crippen LogP contribution in [0.4, 0.5) is 0 Å². The number of hydrogen-bond acceptors (Lipinski definition) is 4. The Kier molecular flexibility index (Phi) is 3.09. The van der Waals surface area contributed by atoms with E-state index in [1.807, 2.05) is 0 Å². The lowest BCUT2D eigenvalue weighted by molar-refractivity contribution is 1.03. The maximum Gasteiger partial charge on any atom is 0.259 e. The fourth-order valence-electron chi connectivity index (χ4n) is 2.15. The molecule has 21 heavy (non-hydrogen) atoms. The molecule has 0 amide bonds. The number of nitrogens with one attached hydrogen (secondary N) is 2. The summed E-state index contributed by atoms with van der Waals surface area (Å²) in [5.74, 6) is 0.534. The molecule has 2 heterocycles. The second kappa shape index (κ2) is 5.06. The van der Waals surface area contributed by atoms with Crippen molar-refractivity contribution in [1.82, 2.24) is 20.2 Å². The molecule has 0 saturated carbocycles. The molecular formula is C15H11N5O. The van der Waals surface area contributed by atoms with Gasteiger partial charge in [-0.05, 0) is 19.1 Å². The van der Waals surface area contributed by atoms with Crippen molar-refractivity contribution < 1.29 is 0 Å². The average Bonchev–Trinajstić information content (AvgIpc) is 3.00. The number of hydrogen-bond donors (Lipinski definition) is 2. The first-order chi connectivity index (χ1) is 10.2. The van der Waals surface area contributed by atoms with E-state index in [4.69, 9.17) is 5.26 Å². The zero-order valence-electron chi connectivity index (χ0n) is 11.2. The molecule has 3 aromatic rings. The third-order valence-corrected chi connectivity index (χ3v) is 3.11. The Balaban J connectivity index is 2.26. The molecule has 102 valence electrons. The van der Waals surface area contributed by atoms with Crippen LogP contribution >= 0.6 is 0 Å². The maximum atomic E-state index is 12.3. The van der Waals surface area contributed by atoms with Gasteiger partial charge in [-0.1, -0.05) is 12.1 Å². The highest BCUT2D eigenvalue weighted by Gasteiger charge is 2.15. The Morgan fingerprint density at radius 1 is 1.19 bits per heavy atom. The van der Waals surface area contributed by atoms with Gasteiger partial charge in [0.2, 0.25) is 0 Å². The van der Waals surface area contributed by atoms with Gasteiger partial charge in [0.05, 0.1) is 29.1 Å². The third kappa shape index (κ3) is 2.32. The molecule has 0 spiro atoms. The number of nitriles is 1. The van der Waals surface area contributed by atoms with E-state index < -0.39 is 0 Å². The minimum absolute atomic E-state index is 0.219. The summed E-state index contributed by atoms with van der Waals surface area (Å²) in [6.07, 6.45) is 3.23. The Morgan fingerprint density at radius 2 is 1.95 bits per heavy atom. The van der Waals surface area contributed by atoms with E-state index in [1.165, 1.54) is 0 Å². The molecule has 3 rings (SSSR count). The quantitative estimate of drug-likeness (QED) is 0.748. The average molecular weight is 277 g/mol. The largest absolute Gasteiger partial charge is 0.310 e. The summed E-state index contributed by atoms with van der Waals surface area (Å²) in [5.41, 5.74) is 2.82. The molecule has 0 bridgehead atoms. The number of rotatable bonds is 2. The monoisotopic (exact) mass is 277 g/mol. The van der Waals surface area contributed by atoms with Crippen molar-refractivity contribution in [3.05, 3.63) is 58.4 Å².